The number of benzene rings is 2. The lowest BCUT2D eigenvalue weighted by Crippen LogP contribution is -2.20. The van der Waals surface area contributed by atoms with Gasteiger partial charge in [0.15, 0.2) is 17.3 Å². The first kappa shape index (κ1) is 25.0. The van der Waals surface area contributed by atoms with Crippen LogP contribution in [-0.4, -0.2) is 51.6 Å². The van der Waals surface area contributed by atoms with Gasteiger partial charge in [-0.25, -0.2) is 4.39 Å². The highest BCUT2D eigenvalue weighted by molar-refractivity contribution is 6.34. The molecule has 2 rings (SSSR count). The minimum Gasteiger partial charge on any atom is -0.491 e. The van der Waals surface area contributed by atoms with E-state index in [0.29, 0.717) is 59.6 Å². The van der Waals surface area contributed by atoms with Crippen molar-refractivity contribution in [3.8, 4) is 17.2 Å². The molecule has 0 radical (unpaired) electrons. The first-order valence-corrected chi connectivity index (χ1v) is 10.6. The first-order valence-electron chi connectivity index (χ1n) is 10.2. The number of hydrogen-bond donors (Lipinski definition) is 0. The number of carbonyl (C=O) groups is 1. The van der Waals surface area contributed by atoms with Gasteiger partial charge in [0.25, 0.3) is 0 Å². The third kappa shape index (κ3) is 6.34. The lowest BCUT2D eigenvalue weighted by molar-refractivity contribution is 0.101. The Morgan fingerprint density at radius 2 is 1.71 bits per heavy atom. The summed E-state index contributed by atoms with van der Waals surface area (Å²) in [6.07, 6.45) is 0.673. The van der Waals surface area contributed by atoms with Gasteiger partial charge in [-0.15, -0.1) is 0 Å². The Morgan fingerprint density at radius 1 is 1.10 bits per heavy atom. The second-order valence-corrected chi connectivity index (χ2v) is 8.18. The van der Waals surface area contributed by atoms with Crippen LogP contribution in [-0.2, 0) is 0 Å². The molecule has 31 heavy (non-hydrogen) atoms. The standard InChI is InChI=1S/C24H31ClFNO4/c1-15(18-7-9-19(26)10-8-18)11-13-30-24-22(31-14-12-27(4)5)20(17(3)28)16(2)21(25)23(24)29-6/h7-10,15H,11-14H2,1-6H3. The topological polar surface area (TPSA) is 48.0 Å². The van der Waals surface area contributed by atoms with E-state index >= 15 is 0 Å². The van der Waals surface area contributed by atoms with Crippen molar-refractivity contribution in [1.29, 1.82) is 0 Å². The Hall–Kier alpha value is -2.31. The van der Waals surface area contributed by atoms with Gasteiger partial charge >= 0.3 is 0 Å². The van der Waals surface area contributed by atoms with Crippen molar-refractivity contribution < 1.29 is 23.4 Å². The Balaban J connectivity index is 2.31. The summed E-state index contributed by atoms with van der Waals surface area (Å²) in [5.74, 6) is 0.751. The molecule has 0 aliphatic rings. The van der Waals surface area contributed by atoms with Crippen molar-refractivity contribution in [2.24, 2.45) is 0 Å². The van der Waals surface area contributed by atoms with Crippen LogP contribution >= 0.6 is 11.6 Å². The summed E-state index contributed by atoms with van der Waals surface area (Å²) in [5, 5.41) is 0.328. The molecule has 0 spiro atoms. The number of hydrogen-bond acceptors (Lipinski definition) is 5. The van der Waals surface area contributed by atoms with Gasteiger partial charge in [-0.3, -0.25) is 4.79 Å². The number of likely N-dealkylation sites (N-methyl/N-ethyl adjacent to an activating group) is 1. The summed E-state index contributed by atoms with van der Waals surface area (Å²) < 4.78 is 30.8. The Bertz CT molecular complexity index is 900. The lowest BCUT2D eigenvalue weighted by atomic mass is 9.98. The summed E-state index contributed by atoms with van der Waals surface area (Å²) in [6, 6.07) is 6.44. The maximum absolute atomic E-state index is 13.2. The molecule has 1 atom stereocenters. The fourth-order valence-corrected chi connectivity index (χ4v) is 3.53. The summed E-state index contributed by atoms with van der Waals surface area (Å²) in [5.41, 5.74) is 2.01. The molecule has 2 aromatic rings. The van der Waals surface area contributed by atoms with Gasteiger partial charge in [-0.05, 0) is 63.5 Å². The molecule has 2 aromatic carbocycles. The van der Waals surface area contributed by atoms with Crippen LogP contribution in [0.3, 0.4) is 0 Å². The smallest absolute Gasteiger partial charge is 0.205 e. The Kier molecular flexibility index (Phi) is 9.14. The quantitative estimate of drug-likeness (QED) is 0.421. The van der Waals surface area contributed by atoms with E-state index in [4.69, 9.17) is 25.8 Å². The average molecular weight is 452 g/mol. The average Bonchev–Trinajstić information content (AvgIpc) is 2.71. The molecule has 0 N–H and O–H groups in total. The Morgan fingerprint density at radius 3 is 2.26 bits per heavy atom. The van der Waals surface area contributed by atoms with E-state index in [-0.39, 0.29) is 17.5 Å². The van der Waals surface area contributed by atoms with E-state index in [2.05, 4.69) is 0 Å². The number of Topliss-reactive ketones (excluding diaryl/α,β-unsaturated/α-hetero) is 1. The summed E-state index contributed by atoms with van der Waals surface area (Å²) >= 11 is 6.50. The first-order chi connectivity index (χ1) is 14.7. The van der Waals surface area contributed by atoms with E-state index in [1.807, 2.05) is 25.9 Å². The largest absolute Gasteiger partial charge is 0.491 e. The van der Waals surface area contributed by atoms with Crippen molar-refractivity contribution >= 4 is 17.4 Å². The highest BCUT2D eigenvalue weighted by Crippen LogP contribution is 2.48. The third-order valence-corrected chi connectivity index (χ3v) is 5.58. The van der Waals surface area contributed by atoms with Crippen LogP contribution in [0.4, 0.5) is 4.39 Å². The van der Waals surface area contributed by atoms with Crippen molar-refractivity contribution in [2.45, 2.75) is 33.1 Å². The molecule has 0 aliphatic carbocycles. The minimum absolute atomic E-state index is 0.151. The maximum atomic E-state index is 13.2. The van der Waals surface area contributed by atoms with E-state index in [1.165, 1.54) is 26.2 Å². The van der Waals surface area contributed by atoms with E-state index < -0.39 is 0 Å². The third-order valence-electron chi connectivity index (χ3n) is 5.12. The number of nitrogens with zero attached hydrogens (tertiary/aromatic N) is 1. The minimum atomic E-state index is -0.262. The SMILES string of the molecule is COc1c(Cl)c(C)c(C(C)=O)c(OCCN(C)C)c1OCCC(C)c1ccc(F)cc1. The van der Waals surface area contributed by atoms with Gasteiger partial charge in [0.2, 0.25) is 5.75 Å². The summed E-state index contributed by atoms with van der Waals surface area (Å²) in [6.45, 7) is 6.68. The number of ether oxygens (including phenoxy) is 3. The molecule has 0 aromatic heterocycles. The molecule has 0 fully saturated rings. The molecule has 5 nitrogen and oxygen atoms in total. The van der Waals surface area contributed by atoms with Crippen LogP contribution in [0.5, 0.6) is 17.2 Å². The molecule has 0 saturated carbocycles. The van der Waals surface area contributed by atoms with Gasteiger partial charge < -0.3 is 19.1 Å². The van der Waals surface area contributed by atoms with Crippen LogP contribution in [0.15, 0.2) is 24.3 Å². The number of ketones is 1. The lowest BCUT2D eigenvalue weighted by Gasteiger charge is -2.22. The van der Waals surface area contributed by atoms with Gasteiger partial charge in [0.1, 0.15) is 12.4 Å². The fourth-order valence-electron chi connectivity index (χ4n) is 3.27. The highest BCUT2D eigenvalue weighted by atomic mass is 35.5. The van der Waals surface area contributed by atoms with Crippen molar-refractivity contribution in [3.05, 3.63) is 51.8 Å². The monoisotopic (exact) mass is 451 g/mol. The van der Waals surface area contributed by atoms with Crippen LogP contribution in [0.1, 0.15) is 47.7 Å². The van der Waals surface area contributed by atoms with Crippen molar-refractivity contribution in [3.63, 3.8) is 0 Å². The second-order valence-electron chi connectivity index (χ2n) is 7.80. The zero-order chi connectivity index (χ0) is 23.1. The van der Waals surface area contributed by atoms with E-state index in [0.717, 1.165) is 5.56 Å². The van der Waals surface area contributed by atoms with Crippen LogP contribution in [0.25, 0.3) is 0 Å². The molecule has 0 saturated heterocycles. The van der Waals surface area contributed by atoms with Gasteiger partial charge in [0, 0.05) is 6.54 Å². The zero-order valence-electron chi connectivity index (χ0n) is 19.1. The van der Waals surface area contributed by atoms with Crippen LogP contribution in [0, 0.1) is 12.7 Å². The number of rotatable bonds is 11. The molecule has 0 aliphatic heterocycles. The van der Waals surface area contributed by atoms with Crippen molar-refractivity contribution in [2.75, 3.05) is 41.0 Å². The highest BCUT2D eigenvalue weighted by Gasteiger charge is 2.27. The summed E-state index contributed by atoms with van der Waals surface area (Å²) in [7, 11) is 5.39. The predicted octanol–water partition coefficient (Wildman–Crippen LogP) is 5.51. The fraction of sp³-hybridized carbons (Fsp3) is 0.458. The zero-order valence-corrected chi connectivity index (χ0v) is 19.8. The number of halogens is 2. The molecule has 170 valence electrons. The molecule has 1 unspecified atom stereocenters. The molecular weight excluding hydrogens is 421 g/mol. The van der Waals surface area contributed by atoms with Crippen molar-refractivity contribution in [1.82, 2.24) is 4.90 Å². The molecule has 0 bridgehead atoms. The van der Waals surface area contributed by atoms with Gasteiger partial charge in [-0.1, -0.05) is 30.7 Å². The molecule has 0 amide bonds. The van der Waals surface area contributed by atoms with Crippen LogP contribution < -0.4 is 14.2 Å². The Labute approximate surface area is 189 Å². The number of methoxy groups -OCH3 is 1. The van der Waals surface area contributed by atoms with Gasteiger partial charge in [0.05, 0.1) is 24.3 Å². The number of carbonyl (C=O) groups excluding carboxylic acids is 1. The molecule has 7 heteroatoms. The summed E-state index contributed by atoms with van der Waals surface area (Å²) in [4.78, 5) is 14.4. The van der Waals surface area contributed by atoms with Crippen LogP contribution in [0.2, 0.25) is 5.02 Å². The van der Waals surface area contributed by atoms with E-state index in [1.54, 1.807) is 19.1 Å². The molecular formula is C24H31ClFNO4. The second kappa shape index (κ2) is 11.3. The van der Waals surface area contributed by atoms with Gasteiger partial charge in [-0.2, -0.15) is 0 Å². The normalized spacial score (nSPS) is 12.0. The molecule has 0 heterocycles. The van der Waals surface area contributed by atoms with E-state index in [9.17, 15) is 9.18 Å². The predicted molar refractivity (Wildman–Crippen MR) is 122 cm³/mol. The maximum Gasteiger partial charge on any atom is 0.205 e.